The summed E-state index contributed by atoms with van der Waals surface area (Å²) >= 11 is 0. The maximum atomic E-state index is 11.6. The first-order chi connectivity index (χ1) is 12.5. The van der Waals surface area contributed by atoms with Gasteiger partial charge in [-0.1, -0.05) is 0 Å². The lowest BCUT2D eigenvalue weighted by Gasteiger charge is -2.43. The van der Waals surface area contributed by atoms with Crippen molar-refractivity contribution in [1.82, 2.24) is 14.9 Å². The fourth-order valence-electron chi connectivity index (χ4n) is 3.50. The number of aromatic nitrogens is 2. The molecule has 0 bridgehead atoms. The van der Waals surface area contributed by atoms with E-state index in [0.29, 0.717) is 11.6 Å². The van der Waals surface area contributed by atoms with E-state index in [1.807, 2.05) is 43.6 Å². The molecule has 0 amide bonds. The van der Waals surface area contributed by atoms with Crippen molar-refractivity contribution in [2.24, 2.45) is 0 Å². The van der Waals surface area contributed by atoms with E-state index in [1.165, 1.54) is 7.11 Å². The molecule has 2 aromatic rings. The van der Waals surface area contributed by atoms with Gasteiger partial charge in [0.2, 0.25) is 0 Å². The molecule has 6 heteroatoms. The van der Waals surface area contributed by atoms with Gasteiger partial charge in [0.15, 0.2) is 0 Å². The number of esters is 1. The Morgan fingerprint density at radius 1 is 1.19 bits per heavy atom. The van der Waals surface area contributed by atoms with Gasteiger partial charge in [0, 0.05) is 37.6 Å². The molecule has 3 rings (SSSR count). The van der Waals surface area contributed by atoms with E-state index in [9.17, 15) is 4.79 Å². The molecular formula is C20H26N4O2. The normalized spacial score (nSPS) is 19.2. The second-order valence-corrected chi connectivity index (χ2v) is 6.83. The monoisotopic (exact) mass is 354 g/mol. The highest BCUT2D eigenvalue weighted by molar-refractivity contribution is 5.89. The first-order valence-electron chi connectivity index (χ1n) is 8.97. The molecule has 0 spiro atoms. The highest BCUT2D eigenvalue weighted by atomic mass is 16.5. The number of benzene rings is 1. The molecule has 0 radical (unpaired) electrons. The molecule has 0 N–H and O–H groups in total. The zero-order valence-electron chi connectivity index (χ0n) is 15.8. The van der Waals surface area contributed by atoms with Gasteiger partial charge in [-0.05, 0) is 45.0 Å². The van der Waals surface area contributed by atoms with Crippen molar-refractivity contribution < 1.29 is 9.53 Å². The topological polar surface area (TPSA) is 58.6 Å². The zero-order chi connectivity index (χ0) is 18.7. The van der Waals surface area contributed by atoms with Crippen molar-refractivity contribution in [1.29, 1.82) is 0 Å². The molecular weight excluding hydrogens is 328 g/mol. The molecule has 138 valence electrons. The lowest BCUT2D eigenvalue weighted by molar-refractivity contribution is 0.0600. The van der Waals surface area contributed by atoms with Crippen LogP contribution in [0.2, 0.25) is 0 Å². The highest BCUT2D eigenvalue weighted by Gasteiger charge is 2.28. The number of nitrogens with zero attached hydrogens (tertiary/aromatic N) is 4. The molecule has 2 heterocycles. The standard InChI is InChI=1S/C20H26N4O2/c1-14-11-22-19(12-21-14)16(3)24-10-9-23(13-15(24)2)18-7-5-17(6-8-18)20(25)26-4/h5-8,11-12,15-16H,9-10,13H2,1-4H3/t15-,16-/m1/s1. The van der Waals surface area contributed by atoms with Crippen molar-refractivity contribution >= 4 is 11.7 Å². The number of anilines is 1. The number of carbonyl (C=O) groups excluding carboxylic acids is 1. The third-order valence-corrected chi connectivity index (χ3v) is 5.06. The summed E-state index contributed by atoms with van der Waals surface area (Å²) in [6.07, 6.45) is 3.71. The van der Waals surface area contributed by atoms with Crippen LogP contribution in [0.4, 0.5) is 5.69 Å². The Morgan fingerprint density at radius 2 is 1.92 bits per heavy atom. The Labute approximate surface area is 154 Å². The van der Waals surface area contributed by atoms with Gasteiger partial charge in [0.25, 0.3) is 0 Å². The van der Waals surface area contributed by atoms with E-state index in [0.717, 1.165) is 36.7 Å². The molecule has 6 nitrogen and oxygen atoms in total. The van der Waals surface area contributed by atoms with Crippen molar-refractivity contribution in [3.8, 4) is 0 Å². The van der Waals surface area contributed by atoms with Crippen LogP contribution >= 0.6 is 0 Å². The van der Waals surface area contributed by atoms with E-state index in [-0.39, 0.29) is 12.0 Å². The summed E-state index contributed by atoms with van der Waals surface area (Å²) in [5, 5.41) is 0. The molecule has 0 saturated carbocycles. The lowest BCUT2D eigenvalue weighted by Crippen LogP contribution is -2.52. The molecule has 1 aromatic carbocycles. The van der Waals surface area contributed by atoms with Gasteiger partial charge in [-0.3, -0.25) is 14.9 Å². The van der Waals surface area contributed by atoms with Gasteiger partial charge in [-0.15, -0.1) is 0 Å². The third-order valence-electron chi connectivity index (χ3n) is 5.06. The molecule has 1 fully saturated rings. The molecule has 1 aliphatic rings. The van der Waals surface area contributed by atoms with Crippen LogP contribution in [0.3, 0.4) is 0 Å². The van der Waals surface area contributed by atoms with Crippen LogP contribution in [0.15, 0.2) is 36.7 Å². The summed E-state index contributed by atoms with van der Waals surface area (Å²) < 4.78 is 4.76. The summed E-state index contributed by atoms with van der Waals surface area (Å²) in [5.74, 6) is -0.303. The minimum absolute atomic E-state index is 0.238. The first-order valence-corrected chi connectivity index (χ1v) is 8.97. The van der Waals surface area contributed by atoms with E-state index in [4.69, 9.17) is 4.74 Å². The van der Waals surface area contributed by atoms with Crippen LogP contribution in [0, 0.1) is 6.92 Å². The van der Waals surface area contributed by atoms with Crippen LogP contribution in [0.25, 0.3) is 0 Å². The first kappa shape index (κ1) is 18.3. The van der Waals surface area contributed by atoms with Crippen molar-refractivity contribution in [3.05, 3.63) is 53.6 Å². The number of rotatable bonds is 4. The lowest BCUT2D eigenvalue weighted by atomic mass is 10.1. The fourth-order valence-corrected chi connectivity index (χ4v) is 3.50. The molecule has 1 aliphatic heterocycles. The van der Waals surface area contributed by atoms with Gasteiger partial charge >= 0.3 is 5.97 Å². The number of hydrogen-bond donors (Lipinski definition) is 0. The molecule has 1 aromatic heterocycles. The molecule has 0 unspecified atom stereocenters. The largest absolute Gasteiger partial charge is 0.465 e. The van der Waals surface area contributed by atoms with Gasteiger partial charge in [0.1, 0.15) is 0 Å². The Hall–Kier alpha value is -2.47. The number of ether oxygens (including phenoxy) is 1. The second-order valence-electron chi connectivity index (χ2n) is 6.83. The van der Waals surface area contributed by atoms with Crippen molar-refractivity contribution in [2.75, 3.05) is 31.6 Å². The van der Waals surface area contributed by atoms with Crippen LogP contribution in [-0.2, 0) is 4.74 Å². The zero-order valence-corrected chi connectivity index (χ0v) is 15.8. The fraction of sp³-hybridized carbons (Fsp3) is 0.450. The highest BCUT2D eigenvalue weighted by Crippen LogP contribution is 2.26. The third kappa shape index (κ3) is 3.85. The Bertz CT molecular complexity index is 745. The van der Waals surface area contributed by atoms with Gasteiger partial charge in [-0.2, -0.15) is 0 Å². The van der Waals surface area contributed by atoms with Crippen LogP contribution in [0.5, 0.6) is 0 Å². The predicted molar refractivity (Wildman–Crippen MR) is 101 cm³/mol. The Balaban J connectivity index is 1.66. The number of piperazine rings is 1. The Kier molecular flexibility index (Phi) is 5.52. The van der Waals surface area contributed by atoms with Crippen molar-refractivity contribution in [2.45, 2.75) is 32.9 Å². The SMILES string of the molecule is COC(=O)c1ccc(N2CCN([C@H](C)c3cnc(C)cn3)[C@H](C)C2)cc1. The van der Waals surface area contributed by atoms with E-state index < -0.39 is 0 Å². The summed E-state index contributed by atoms with van der Waals surface area (Å²) in [6.45, 7) is 9.21. The second kappa shape index (κ2) is 7.83. The minimum Gasteiger partial charge on any atom is -0.465 e. The summed E-state index contributed by atoms with van der Waals surface area (Å²) in [4.78, 5) is 25.3. The number of aryl methyl sites for hydroxylation is 1. The van der Waals surface area contributed by atoms with Crippen molar-refractivity contribution in [3.63, 3.8) is 0 Å². The van der Waals surface area contributed by atoms with E-state index in [1.54, 1.807) is 0 Å². The van der Waals surface area contributed by atoms with Crippen LogP contribution in [0.1, 0.15) is 41.6 Å². The summed E-state index contributed by atoms with van der Waals surface area (Å²) in [7, 11) is 1.40. The molecule has 2 atom stereocenters. The number of hydrogen-bond acceptors (Lipinski definition) is 6. The summed E-state index contributed by atoms with van der Waals surface area (Å²) in [6, 6.07) is 8.25. The van der Waals surface area contributed by atoms with Gasteiger partial charge < -0.3 is 9.64 Å². The maximum absolute atomic E-state index is 11.6. The number of methoxy groups -OCH3 is 1. The number of carbonyl (C=O) groups is 1. The van der Waals surface area contributed by atoms with Gasteiger partial charge in [0.05, 0.1) is 36.3 Å². The average Bonchev–Trinajstić information content (AvgIpc) is 2.67. The van der Waals surface area contributed by atoms with Crippen LogP contribution < -0.4 is 4.90 Å². The average molecular weight is 354 g/mol. The quantitative estimate of drug-likeness (QED) is 0.787. The summed E-state index contributed by atoms with van der Waals surface area (Å²) in [5.41, 5.74) is 3.66. The van der Waals surface area contributed by atoms with Gasteiger partial charge in [-0.25, -0.2) is 4.79 Å². The Morgan fingerprint density at radius 3 is 2.50 bits per heavy atom. The molecule has 26 heavy (non-hydrogen) atoms. The maximum Gasteiger partial charge on any atom is 0.337 e. The molecule has 0 aliphatic carbocycles. The smallest absolute Gasteiger partial charge is 0.337 e. The minimum atomic E-state index is -0.303. The molecule has 1 saturated heterocycles. The van der Waals surface area contributed by atoms with E-state index >= 15 is 0 Å². The van der Waals surface area contributed by atoms with E-state index in [2.05, 4.69) is 33.6 Å². The van der Waals surface area contributed by atoms with Crippen LogP contribution in [-0.4, -0.2) is 53.6 Å². The predicted octanol–water partition coefficient (Wildman–Crippen LogP) is 2.84.